The minimum absolute atomic E-state index is 0.00340. The smallest absolute Gasteiger partial charge is 0.386 e. The van der Waals surface area contributed by atoms with E-state index in [-0.39, 0.29) is 39.4 Å². The van der Waals surface area contributed by atoms with Crippen molar-refractivity contribution in [2.75, 3.05) is 5.32 Å². The number of nitrogens with one attached hydrogen (secondary N) is 1. The van der Waals surface area contributed by atoms with E-state index in [9.17, 15) is 38.4 Å². The van der Waals surface area contributed by atoms with Crippen molar-refractivity contribution in [1.29, 1.82) is 0 Å². The predicted molar refractivity (Wildman–Crippen MR) is 140 cm³/mol. The summed E-state index contributed by atoms with van der Waals surface area (Å²) in [7, 11) is 0. The average Bonchev–Trinajstić information content (AvgIpc) is 3.54. The quantitative estimate of drug-likeness (QED) is 0.215. The summed E-state index contributed by atoms with van der Waals surface area (Å²) in [6, 6.07) is 4.18. The first-order chi connectivity index (χ1) is 18.5. The summed E-state index contributed by atoms with van der Waals surface area (Å²) in [5.74, 6) is 0.645. The second kappa shape index (κ2) is 9.62. The molecule has 0 amide bonds. The molecule has 0 aromatic carbocycles. The standard InChI is InChI=1S/C25H27F3N6O5S/c1-12-4-5-14(6-12)33-16-9-19(29-10-17(16)34(22(33)35)25(37,38)39)32-20-8-13(23(2,3)36)7-15(31-20)21-30-11-18(40-21)24(26,27)28/h7-12,14,36-39H,4-6H2,1-3H3,(H,29,31,32). The summed E-state index contributed by atoms with van der Waals surface area (Å²) < 4.78 is 41.3. The summed E-state index contributed by atoms with van der Waals surface area (Å²) in [5, 5.41) is 43.2. The monoisotopic (exact) mass is 580 g/mol. The lowest BCUT2D eigenvalue weighted by Crippen LogP contribution is -2.41. The molecule has 1 fully saturated rings. The summed E-state index contributed by atoms with van der Waals surface area (Å²) in [6.07, 6.45) is -3.91. The zero-order chi connectivity index (χ0) is 29.2. The van der Waals surface area contributed by atoms with Crippen LogP contribution in [0.5, 0.6) is 0 Å². The molecule has 15 heteroatoms. The topological polar surface area (TPSA) is 159 Å². The predicted octanol–water partition coefficient (Wildman–Crippen LogP) is 3.61. The zero-order valence-corrected chi connectivity index (χ0v) is 22.5. The first kappa shape index (κ1) is 28.2. The molecule has 1 aliphatic rings. The van der Waals surface area contributed by atoms with E-state index in [0.29, 0.717) is 40.2 Å². The van der Waals surface area contributed by atoms with E-state index in [0.717, 1.165) is 12.6 Å². The lowest BCUT2D eigenvalue weighted by Gasteiger charge is -2.19. The minimum atomic E-state index is -4.57. The van der Waals surface area contributed by atoms with E-state index in [4.69, 9.17) is 0 Å². The third kappa shape index (κ3) is 5.34. The molecule has 0 radical (unpaired) electrons. The Morgan fingerprint density at radius 2 is 1.73 bits per heavy atom. The van der Waals surface area contributed by atoms with Crippen LogP contribution in [0.1, 0.15) is 56.5 Å². The Kier molecular flexibility index (Phi) is 6.78. The van der Waals surface area contributed by atoms with Crippen molar-refractivity contribution in [3.63, 3.8) is 0 Å². The highest BCUT2D eigenvalue weighted by atomic mass is 32.1. The maximum atomic E-state index is 13.2. The van der Waals surface area contributed by atoms with Crippen molar-refractivity contribution in [2.24, 2.45) is 5.92 Å². The number of fused-ring (bicyclic) bond motifs is 1. The van der Waals surface area contributed by atoms with Crippen molar-refractivity contribution < 1.29 is 33.6 Å². The van der Waals surface area contributed by atoms with E-state index < -0.39 is 28.4 Å². The van der Waals surface area contributed by atoms with Gasteiger partial charge in [-0.1, -0.05) is 6.92 Å². The van der Waals surface area contributed by atoms with E-state index >= 15 is 0 Å². The zero-order valence-electron chi connectivity index (χ0n) is 21.6. The highest BCUT2D eigenvalue weighted by Crippen LogP contribution is 2.38. The van der Waals surface area contributed by atoms with Gasteiger partial charge in [-0.3, -0.25) is 4.57 Å². The number of rotatable bonds is 6. The van der Waals surface area contributed by atoms with Crippen LogP contribution >= 0.6 is 11.3 Å². The number of thiazole rings is 1. The Morgan fingerprint density at radius 3 is 2.30 bits per heavy atom. The molecular weight excluding hydrogens is 553 g/mol. The molecule has 1 aliphatic carbocycles. The second-order valence-corrected chi connectivity index (χ2v) is 11.6. The number of anilines is 2. The Hall–Kier alpha value is -3.37. The van der Waals surface area contributed by atoms with Gasteiger partial charge in [0, 0.05) is 12.1 Å². The van der Waals surface area contributed by atoms with Gasteiger partial charge in [-0.25, -0.2) is 24.3 Å². The second-order valence-electron chi connectivity index (χ2n) is 10.6. The minimum Gasteiger partial charge on any atom is -0.386 e. The molecule has 5 rings (SSSR count). The Labute approximate surface area is 229 Å². The maximum absolute atomic E-state index is 13.2. The molecule has 2 atom stereocenters. The van der Waals surface area contributed by atoms with Crippen LogP contribution in [0.15, 0.2) is 35.4 Å². The van der Waals surface area contributed by atoms with Crippen molar-refractivity contribution in [1.82, 2.24) is 24.1 Å². The van der Waals surface area contributed by atoms with Crippen molar-refractivity contribution >= 4 is 34.0 Å². The number of halogens is 3. The van der Waals surface area contributed by atoms with Crippen molar-refractivity contribution in [3.05, 3.63) is 51.5 Å². The van der Waals surface area contributed by atoms with E-state index in [1.807, 2.05) is 6.92 Å². The molecule has 40 heavy (non-hydrogen) atoms. The number of aromatic nitrogens is 5. The summed E-state index contributed by atoms with van der Waals surface area (Å²) in [5.41, 5.74) is -1.51. The number of nitrogens with zero attached hydrogens (tertiary/aromatic N) is 5. The number of imidazole rings is 1. The van der Waals surface area contributed by atoms with Gasteiger partial charge >= 0.3 is 18.0 Å². The van der Waals surface area contributed by atoms with E-state index in [2.05, 4.69) is 20.3 Å². The first-order valence-electron chi connectivity index (χ1n) is 12.4. The molecule has 0 aliphatic heterocycles. The van der Waals surface area contributed by atoms with Gasteiger partial charge in [-0.15, -0.1) is 11.3 Å². The van der Waals surface area contributed by atoms with Crippen molar-refractivity contribution in [2.45, 2.75) is 63.9 Å². The fourth-order valence-corrected chi connectivity index (χ4v) is 5.70. The Balaban J connectivity index is 1.60. The molecule has 0 saturated heterocycles. The van der Waals surface area contributed by atoms with Gasteiger partial charge in [-0.2, -0.15) is 13.2 Å². The largest absolute Gasteiger partial charge is 0.427 e. The van der Waals surface area contributed by atoms with Gasteiger partial charge in [-0.05, 0) is 56.7 Å². The number of hydrogen-bond acceptors (Lipinski definition) is 10. The van der Waals surface area contributed by atoms with Gasteiger partial charge in [0.1, 0.15) is 27.2 Å². The fraction of sp³-hybridized carbons (Fsp3) is 0.440. The van der Waals surface area contributed by atoms with Crippen LogP contribution in [-0.2, 0) is 17.9 Å². The third-order valence-corrected chi connectivity index (χ3v) is 7.95. The molecule has 4 heterocycles. The highest BCUT2D eigenvalue weighted by Gasteiger charge is 2.35. The van der Waals surface area contributed by atoms with Crippen LogP contribution in [-0.4, -0.2) is 44.5 Å². The molecule has 4 aromatic rings. The highest BCUT2D eigenvalue weighted by molar-refractivity contribution is 7.15. The van der Waals surface area contributed by atoms with Crippen LogP contribution in [0.2, 0.25) is 0 Å². The molecule has 214 valence electrons. The van der Waals surface area contributed by atoms with Gasteiger partial charge in [0.15, 0.2) is 0 Å². The van der Waals surface area contributed by atoms with Crippen LogP contribution in [0.4, 0.5) is 24.8 Å². The molecule has 5 N–H and O–H groups in total. The fourth-order valence-electron chi connectivity index (χ4n) is 4.95. The molecule has 1 saturated carbocycles. The van der Waals surface area contributed by atoms with Gasteiger partial charge in [0.25, 0.3) is 0 Å². The molecular formula is C25H27F3N6O5S. The lowest BCUT2D eigenvalue weighted by molar-refractivity contribution is -0.374. The Morgan fingerprint density at radius 1 is 1.00 bits per heavy atom. The molecule has 2 unspecified atom stereocenters. The molecule has 0 bridgehead atoms. The van der Waals surface area contributed by atoms with Crippen molar-refractivity contribution in [3.8, 4) is 10.7 Å². The molecule has 0 spiro atoms. The lowest BCUT2D eigenvalue weighted by atomic mass is 9.98. The van der Waals surface area contributed by atoms with E-state index in [1.165, 1.54) is 42.8 Å². The first-order valence-corrected chi connectivity index (χ1v) is 13.2. The van der Waals surface area contributed by atoms with Crippen LogP contribution < -0.4 is 11.0 Å². The van der Waals surface area contributed by atoms with Gasteiger partial charge < -0.3 is 25.7 Å². The summed E-state index contributed by atoms with van der Waals surface area (Å²) in [4.78, 5) is 24.8. The number of aliphatic hydroxyl groups is 4. The van der Waals surface area contributed by atoms with Crippen LogP contribution in [0.25, 0.3) is 21.7 Å². The Bertz CT molecular complexity index is 1630. The molecule has 4 aromatic heterocycles. The SMILES string of the molecule is CC1CCC(n2c(=O)n(C(O)(O)O)c3cnc(Nc4cc(C(C)(C)O)cc(-c5ncc(C(F)(F)F)s5)n4)cc32)C1. The normalized spacial score (nSPS) is 18.6. The number of alkyl halides is 3. The average molecular weight is 581 g/mol. The van der Waals surface area contributed by atoms with Gasteiger partial charge in [0.2, 0.25) is 0 Å². The summed E-state index contributed by atoms with van der Waals surface area (Å²) in [6.45, 7) is 5.07. The summed E-state index contributed by atoms with van der Waals surface area (Å²) >= 11 is 0.416. The number of hydrogen-bond donors (Lipinski definition) is 5. The van der Waals surface area contributed by atoms with Gasteiger partial charge in [0.05, 0.1) is 29.0 Å². The van der Waals surface area contributed by atoms with E-state index in [1.54, 1.807) is 0 Å². The number of pyridine rings is 2. The third-order valence-electron chi connectivity index (χ3n) is 6.88. The maximum Gasteiger partial charge on any atom is 0.427 e. The van der Waals surface area contributed by atoms with Crippen LogP contribution in [0.3, 0.4) is 0 Å². The van der Waals surface area contributed by atoms with Crippen LogP contribution in [0, 0.1) is 5.92 Å². The molecule has 11 nitrogen and oxygen atoms in total.